The van der Waals surface area contributed by atoms with Gasteiger partial charge in [-0.3, -0.25) is 5.10 Å². The molecule has 1 aliphatic heterocycles. The van der Waals surface area contributed by atoms with E-state index >= 15 is 0 Å². The molecule has 0 amide bonds. The fraction of sp³-hybridized carbons (Fsp3) is 0.545. The maximum absolute atomic E-state index is 11.4. The molecule has 1 saturated heterocycles. The zero-order valence-electron chi connectivity index (χ0n) is 10.7. The summed E-state index contributed by atoms with van der Waals surface area (Å²) in [5, 5.41) is 9.44. The fourth-order valence-corrected chi connectivity index (χ4v) is 4.80. The van der Waals surface area contributed by atoms with E-state index in [1.807, 2.05) is 5.38 Å². The number of hydrogen-bond acceptors (Lipinski definition) is 7. The minimum absolute atomic E-state index is 0.138. The Morgan fingerprint density at radius 2 is 2.30 bits per heavy atom. The Bertz CT molecular complexity index is 706. The van der Waals surface area contributed by atoms with Crippen LogP contribution in [0.15, 0.2) is 5.38 Å². The van der Waals surface area contributed by atoms with E-state index in [4.69, 9.17) is 5.73 Å². The molecule has 0 aromatic carbocycles. The van der Waals surface area contributed by atoms with Crippen molar-refractivity contribution < 1.29 is 8.42 Å². The second-order valence-corrected chi connectivity index (χ2v) is 8.14. The average Bonchev–Trinajstić information content (AvgIpc) is 3.03. The van der Waals surface area contributed by atoms with Gasteiger partial charge in [-0.15, -0.1) is 11.3 Å². The Kier molecular flexibility index (Phi) is 3.47. The summed E-state index contributed by atoms with van der Waals surface area (Å²) in [7, 11) is -2.84. The number of sulfone groups is 1. The predicted molar refractivity (Wildman–Crippen MR) is 76.2 cm³/mol. The van der Waals surface area contributed by atoms with Gasteiger partial charge in [-0.2, -0.15) is 5.10 Å². The molecule has 3 rings (SSSR count). The van der Waals surface area contributed by atoms with Crippen molar-refractivity contribution in [3.63, 3.8) is 0 Å². The minimum Gasteiger partial charge on any atom is -0.375 e. The van der Waals surface area contributed by atoms with Crippen LogP contribution in [0.3, 0.4) is 0 Å². The Morgan fingerprint density at radius 3 is 2.95 bits per heavy atom. The normalized spacial score (nSPS) is 21.3. The topological polar surface area (TPSA) is 115 Å². The largest absolute Gasteiger partial charge is 0.375 e. The Balaban J connectivity index is 1.62. The summed E-state index contributed by atoms with van der Waals surface area (Å²) in [4.78, 5) is 8.56. The number of nitrogens with two attached hydrogens (primary N) is 1. The molecule has 7 nitrogen and oxygen atoms in total. The fourth-order valence-electron chi connectivity index (χ4n) is 2.37. The van der Waals surface area contributed by atoms with Crippen LogP contribution in [0.1, 0.15) is 23.8 Å². The van der Waals surface area contributed by atoms with Gasteiger partial charge in [-0.1, -0.05) is 0 Å². The van der Waals surface area contributed by atoms with Gasteiger partial charge in [0.1, 0.15) is 5.82 Å². The van der Waals surface area contributed by atoms with Gasteiger partial charge in [-0.05, 0) is 12.3 Å². The van der Waals surface area contributed by atoms with Crippen LogP contribution in [-0.4, -0.2) is 40.1 Å². The molecule has 3 N–H and O–H groups in total. The van der Waals surface area contributed by atoms with E-state index < -0.39 is 9.84 Å². The van der Waals surface area contributed by atoms with Crippen LogP contribution < -0.4 is 5.73 Å². The number of aromatic amines is 1. The first kappa shape index (κ1) is 13.5. The lowest BCUT2D eigenvalue weighted by Crippen LogP contribution is -2.08. The van der Waals surface area contributed by atoms with Crippen molar-refractivity contribution in [2.24, 2.45) is 5.92 Å². The van der Waals surface area contributed by atoms with Crippen LogP contribution in [0.2, 0.25) is 0 Å². The van der Waals surface area contributed by atoms with Crippen molar-refractivity contribution in [2.45, 2.75) is 19.3 Å². The van der Waals surface area contributed by atoms with Crippen LogP contribution in [0.5, 0.6) is 0 Å². The quantitative estimate of drug-likeness (QED) is 0.845. The summed E-state index contributed by atoms with van der Waals surface area (Å²) in [5.41, 5.74) is 6.44. The Labute approximate surface area is 120 Å². The number of nitrogens with one attached hydrogen (secondary N) is 1. The van der Waals surface area contributed by atoms with Gasteiger partial charge in [0.25, 0.3) is 0 Å². The van der Waals surface area contributed by atoms with Crippen LogP contribution >= 0.6 is 11.3 Å². The van der Waals surface area contributed by atoms with Crippen molar-refractivity contribution in [1.29, 1.82) is 0 Å². The van der Waals surface area contributed by atoms with Crippen LogP contribution in [-0.2, 0) is 22.7 Å². The molecular weight excluding hydrogens is 298 g/mol. The third-order valence-electron chi connectivity index (χ3n) is 3.29. The average molecular weight is 313 g/mol. The Hall–Kier alpha value is -1.48. The maximum Gasteiger partial charge on any atom is 0.180 e. The summed E-state index contributed by atoms with van der Waals surface area (Å²) >= 11 is 1.39. The molecule has 2 aromatic heterocycles. The molecule has 1 fully saturated rings. The highest BCUT2D eigenvalue weighted by atomic mass is 32.2. The van der Waals surface area contributed by atoms with Crippen molar-refractivity contribution in [3.05, 3.63) is 22.7 Å². The molecule has 0 spiro atoms. The van der Waals surface area contributed by atoms with Gasteiger partial charge < -0.3 is 5.73 Å². The van der Waals surface area contributed by atoms with Gasteiger partial charge in [0, 0.05) is 11.8 Å². The molecule has 3 heterocycles. The monoisotopic (exact) mass is 313 g/mol. The molecule has 20 heavy (non-hydrogen) atoms. The molecule has 1 atom stereocenters. The first-order chi connectivity index (χ1) is 9.50. The highest BCUT2D eigenvalue weighted by Gasteiger charge is 2.28. The Morgan fingerprint density at radius 1 is 1.45 bits per heavy atom. The summed E-state index contributed by atoms with van der Waals surface area (Å²) in [6, 6.07) is 0. The zero-order chi connectivity index (χ0) is 14.2. The molecular formula is C11H15N5O2S2. The number of hydrogen-bond donors (Lipinski definition) is 2. The summed E-state index contributed by atoms with van der Waals surface area (Å²) in [6.45, 7) is 0. The first-order valence-electron chi connectivity index (χ1n) is 6.30. The van der Waals surface area contributed by atoms with E-state index in [9.17, 15) is 8.42 Å². The number of aromatic nitrogens is 4. The lowest BCUT2D eigenvalue weighted by atomic mass is 10.1. The summed E-state index contributed by atoms with van der Waals surface area (Å²) in [5.74, 6) is 2.07. The lowest BCUT2D eigenvalue weighted by molar-refractivity contribution is 0.570. The molecule has 0 aliphatic carbocycles. The molecule has 0 radical (unpaired) electrons. The SMILES string of the molecule is Nc1nc(Cc2nc(CC3CCS(=O)(=O)C3)n[nH]2)cs1. The van der Waals surface area contributed by atoms with Crippen LogP contribution in [0.25, 0.3) is 0 Å². The van der Waals surface area contributed by atoms with E-state index in [1.54, 1.807) is 0 Å². The maximum atomic E-state index is 11.4. The smallest absolute Gasteiger partial charge is 0.180 e. The van der Waals surface area contributed by atoms with Gasteiger partial charge in [0.15, 0.2) is 20.8 Å². The van der Waals surface area contributed by atoms with Crippen molar-refractivity contribution >= 4 is 26.3 Å². The van der Waals surface area contributed by atoms with Crippen LogP contribution in [0.4, 0.5) is 5.13 Å². The summed E-state index contributed by atoms with van der Waals surface area (Å²) < 4.78 is 22.8. The van der Waals surface area contributed by atoms with Gasteiger partial charge in [0.2, 0.25) is 0 Å². The summed E-state index contributed by atoms with van der Waals surface area (Å²) in [6.07, 6.45) is 1.87. The zero-order valence-corrected chi connectivity index (χ0v) is 12.4. The van der Waals surface area contributed by atoms with E-state index in [0.29, 0.717) is 30.2 Å². The van der Waals surface area contributed by atoms with Crippen LogP contribution in [0, 0.1) is 5.92 Å². The first-order valence-corrected chi connectivity index (χ1v) is 9.01. The molecule has 0 saturated carbocycles. The van der Waals surface area contributed by atoms with E-state index in [2.05, 4.69) is 20.2 Å². The standard InChI is InChI=1S/C11H15N5O2S2/c12-11-13-8(5-19-11)4-10-14-9(15-16-10)3-7-1-2-20(17,18)6-7/h5,7H,1-4,6H2,(H2,12,13)(H,14,15,16). The minimum atomic E-state index is -2.84. The van der Waals surface area contributed by atoms with E-state index in [-0.39, 0.29) is 17.4 Å². The van der Waals surface area contributed by atoms with Gasteiger partial charge >= 0.3 is 0 Å². The second-order valence-electron chi connectivity index (χ2n) is 5.03. The predicted octanol–water partition coefficient (Wildman–Crippen LogP) is 0.411. The molecule has 1 aliphatic rings. The van der Waals surface area contributed by atoms with Gasteiger partial charge in [0.05, 0.1) is 23.6 Å². The molecule has 9 heteroatoms. The number of nitrogens with zero attached hydrogens (tertiary/aromatic N) is 3. The molecule has 108 valence electrons. The number of H-pyrrole nitrogens is 1. The van der Waals surface area contributed by atoms with Crippen molar-refractivity contribution in [2.75, 3.05) is 17.2 Å². The lowest BCUT2D eigenvalue weighted by Gasteiger charge is -2.02. The third-order valence-corrected chi connectivity index (χ3v) is 5.85. The third kappa shape index (κ3) is 3.15. The number of thiazole rings is 1. The number of anilines is 1. The molecule has 0 bridgehead atoms. The van der Waals surface area contributed by atoms with Crippen molar-refractivity contribution in [3.8, 4) is 0 Å². The van der Waals surface area contributed by atoms with E-state index in [1.165, 1.54) is 11.3 Å². The highest BCUT2D eigenvalue weighted by Crippen LogP contribution is 2.21. The molecule has 2 aromatic rings. The van der Waals surface area contributed by atoms with Crippen molar-refractivity contribution in [1.82, 2.24) is 20.2 Å². The number of rotatable bonds is 4. The van der Waals surface area contributed by atoms with E-state index in [0.717, 1.165) is 11.5 Å². The highest BCUT2D eigenvalue weighted by molar-refractivity contribution is 7.91. The second kappa shape index (κ2) is 5.13. The molecule has 1 unspecified atom stereocenters. The number of nitrogen functional groups attached to an aromatic ring is 1. The van der Waals surface area contributed by atoms with Gasteiger partial charge in [-0.25, -0.2) is 18.4 Å².